The second kappa shape index (κ2) is 8.07. The molecule has 2 heterocycles. The molecular weight excluding hydrogens is 254 g/mol. The third kappa shape index (κ3) is 3.84. The first-order chi connectivity index (χ1) is 9.86. The van der Waals surface area contributed by atoms with Crippen LogP contribution in [0.25, 0.3) is 0 Å². The van der Waals surface area contributed by atoms with Crippen LogP contribution >= 0.6 is 0 Å². The zero-order valence-electron chi connectivity index (χ0n) is 12.5. The summed E-state index contributed by atoms with van der Waals surface area (Å²) < 4.78 is 10.5. The molecule has 0 aromatic carbocycles. The van der Waals surface area contributed by atoms with Crippen molar-refractivity contribution in [3.63, 3.8) is 0 Å². The topological polar surface area (TPSA) is 46.6 Å². The number of methoxy groups -OCH3 is 2. The van der Waals surface area contributed by atoms with Crippen LogP contribution in [0.5, 0.6) is 5.75 Å². The molecule has 2 rings (SSSR count). The van der Waals surface area contributed by atoms with Crippen LogP contribution < -0.4 is 15.0 Å². The highest BCUT2D eigenvalue weighted by molar-refractivity contribution is 5.53. The van der Waals surface area contributed by atoms with Crippen molar-refractivity contribution >= 4 is 5.82 Å². The van der Waals surface area contributed by atoms with Crippen LogP contribution in [-0.4, -0.2) is 51.5 Å². The minimum absolute atomic E-state index is 0.476. The largest absolute Gasteiger partial charge is 0.493 e. The molecule has 112 valence electrons. The standard InChI is InChI=1S/C15H25N3O2/c1-19-11-9-16-12-13-6-3-4-10-18(13)15-14(20-2)7-5-8-17-15/h5,7-8,13,16H,3-4,6,9-12H2,1-2H3. The van der Waals surface area contributed by atoms with Crippen molar-refractivity contribution in [1.82, 2.24) is 10.3 Å². The zero-order chi connectivity index (χ0) is 14.2. The first kappa shape index (κ1) is 15.1. The van der Waals surface area contributed by atoms with Crippen molar-refractivity contribution in [2.75, 3.05) is 45.4 Å². The van der Waals surface area contributed by atoms with E-state index in [9.17, 15) is 0 Å². The highest BCUT2D eigenvalue weighted by Gasteiger charge is 2.25. The van der Waals surface area contributed by atoms with Crippen molar-refractivity contribution < 1.29 is 9.47 Å². The lowest BCUT2D eigenvalue weighted by atomic mass is 10.0. The molecule has 1 aliphatic heterocycles. The van der Waals surface area contributed by atoms with E-state index in [4.69, 9.17) is 9.47 Å². The first-order valence-corrected chi connectivity index (χ1v) is 7.32. The average molecular weight is 279 g/mol. The Labute approximate surface area is 121 Å². The molecule has 0 bridgehead atoms. The molecule has 1 aromatic rings. The van der Waals surface area contributed by atoms with Crippen molar-refractivity contribution in [1.29, 1.82) is 0 Å². The molecule has 1 atom stereocenters. The van der Waals surface area contributed by atoms with Crippen molar-refractivity contribution in [2.45, 2.75) is 25.3 Å². The maximum atomic E-state index is 5.45. The van der Waals surface area contributed by atoms with Crippen molar-refractivity contribution in [3.8, 4) is 5.75 Å². The number of rotatable bonds is 7. The van der Waals surface area contributed by atoms with Gasteiger partial charge < -0.3 is 19.7 Å². The monoisotopic (exact) mass is 279 g/mol. The third-order valence-corrected chi connectivity index (χ3v) is 3.73. The molecule has 20 heavy (non-hydrogen) atoms. The summed E-state index contributed by atoms with van der Waals surface area (Å²) in [5, 5.41) is 3.46. The fourth-order valence-electron chi connectivity index (χ4n) is 2.69. The Bertz CT molecular complexity index is 400. The summed E-state index contributed by atoms with van der Waals surface area (Å²) in [6.45, 7) is 3.65. The van der Waals surface area contributed by atoms with Crippen LogP contribution in [0.15, 0.2) is 18.3 Å². The molecule has 1 fully saturated rings. The van der Waals surface area contributed by atoms with E-state index in [1.807, 2.05) is 18.3 Å². The number of anilines is 1. The lowest BCUT2D eigenvalue weighted by molar-refractivity contribution is 0.198. The summed E-state index contributed by atoms with van der Waals surface area (Å²) in [4.78, 5) is 6.89. The third-order valence-electron chi connectivity index (χ3n) is 3.73. The van der Waals surface area contributed by atoms with Gasteiger partial charge in [-0.2, -0.15) is 0 Å². The molecule has 0 saturated carbocycles. The van der Waals surface area contributed by atoms with Gasteiger partial charge in [-0.1, -0.05) is 0 Å². The minimum atomic E-state index is 0.476. The Morgan fingerprint density at radius 1 is 1.40 bits per heavy atom. The van der Waals surface area contributed by atoms with Gasteiger partial charge in [0.25, 0.3) is 0 Å². The fourth-order valence-corrected chi connectivity index (χ4v) is 2.69. The van der Waals surface area contributed by atoms with Crippen LogP contribution in [0.3, 0.4) is 0 Å². The van der Waals surface area contributed by atoms with E-state index in [1.165, 1.54) is 19.3 Å². The Kier molecular flexibility index (Phi) is 6.08. The second-order valence-electron chi connectivity index (χ2n) is 5.07. The molecule has 0 aliphatic carbocycles. The van der Waals surface area contributed by atoms with E-state index >= 15 is 0 Å². The zero-order valence-corrected chi connectivity index (χ0v) is 12.5. The Morgan fingerprint density at radius 2 is 2.30 bits per heavy atom. The quantitative estimate of drug-likeness (QED) is 0.770. The molecule has 1 unspecified atom stereocenters. The Morgan fingerprint density at radius 3 is 3.10 bits per heavy atom. The number of piperidine rings is 1. The summed E-state index contributed by atoms with van der Waals surface area (Å²) in [6, 6.07) is 4.37. The molecule has 1 N–H and O–H groups in total. The van der Waals surface area contributed by atoms with Gasteiger partial charge in [-0.25, -0.2) is 4.98 Å². The van der Waals surface area contributed by atoms with E-state index in [0.717, 1.165) is 37.8 Å². The number of aromatic nitrogens is 1. The van der Waals surface area contributed by atoms with Gasteiger partial charge in [0.1, 0.15) is 0 Å². The first-order valence-electron chi connectivity index (χ1n) is 7.32. The summed E-state index contributed by atoms with van der Waals surface area (Å²) in [7, 11) is 3.43. The van der Waals surface area contributed by atoms with Crippen LogP contribution in [0.4, 0.5) is 5.82 Å². The van der Waals surface area contributed by atoms with Gasteiger partial charge in [0.05, 0.1) is 13.7 Å². The number of hydrogen-bond acceptors (Lipinski definition) is 5. The van der Waals surface area contributed by atoms with Gasteiger partial charge in [0.15, 0.2) is 11.6 Å². The average Bonchev–Trinajstić information content (AvgIpc) is 2.52. The van der Waals surface area contributed by atoms with Gasteiger partial charge in [0.2, 0.25) is 0 Å². The lowest BCUT2D eigenvalue weighted by Crippen LogP contribution is -2.46. The molecule has 5 nitrogen and oxygen atoms in total. The van der Waals surface area contributed by atoms with E-state index in [0.29, 0.717) is 6.04 Å². The lowest BCUT2D eigenvalue weighted by Gasteiger charge is -2.37. The van der Waals surface area contributed by atoms with Gasteiger partial charge in [-0.3, -0.25) is 0 Å². The molecule has 1 saturated heterocycles. The van der Waals surface area contributed by atoms with Gasteiger partial charge in [0, 0.05) is 39.0 Å². The molecule has 1 aromatic heterocycles. The number of hydrogen-bond donors (Lipinski definition) is 1. The minimum Gasteiger partial charge on any atom is -0.493 e. The van der Waals surface area contributed by atoms with Crippen LogP contribution in [-0.2, 0) is 4.74 Å². The van der Waals surface area contributed by atoms with Gasteiger partial charge >= 0.3 is 0 Å². The molecule has 1 aliphatic rings. The van der Waals surface area contributed by atoms with Crippen molar-refractivity contribution in [2.24, 2.45) is 0 Å². The molecule has 0 amide bonds. The highest BCUT2D eigenvalue weighted by atomic mass is 16.5. The second-order valence-corrected chi connectivity index (χ2v) is 5.07. The van der Waals surface area contributed by atoms with E-state index in [2.05, 4.69) is 15.2 Å². The van der Waals surface area contributed by atoms with E-state index in [1.54, 1.807) is 14.2 Å². The summed E-state index contributed by atoms with van der Waals surface area (Å²) in [5.74, 6) is 1.82. The van der Waals surface area contributed by atoms with Crippen LogP contribution in [0.2, 0.25) is 0 Å². The highest BCUT2D eigenvalue weighted by Crippen LogP contribution is 2.30. The van der Waals surface area contributed by atoms with Crippen LogP contribution in [0.1, 0.15) is 19.3 Å². The number of ether oxygens (including phenoxy) is 2. The molecule has 5 heteroatoms. The van der Waals surface area contributed by atoms with Gasteiger partial charge in [-0.05, 0) is 31.4 Å². The summed E-state index contributed by atoms with van der Waals surface area (Å²) in [6.07, 6.45) is 5.53. The molecular formula is C15H25N3O2. The summed E-state index contributed by atoms with van der Waals surface area (Å²) >= 11 is 0. The fraction of sp³-hybridized carbons (Fsp3) is 0.667. The smallest absolute Gasteiger partial charge is 0.171 e. The maximum absolute atomic E-state index is 5.45. The maximum Gasteiger partial charge on any atom is 0.171 e. The van der Waals surface area contributed by atoms with Crippen molar-refractivity contribution in [3.05, 3.63) is 18.3 Å². The van der Waals surface area contributed by atoms with E-state index < -0.39 is 0 Å². The predicted octanol–water partition coefficient (Wildman–Crippen LogP) is 1.69. The predicted molar refractivity (Wildman–Crippen MR) is 80.5 cm³/mol. The molecule has 0 radical (unpaired) electrons. The number of nitrogens with one attached hydrogen (secondary N) is 1. The van der Waals surface area contributed by atoms with Crippen LogP contribution in [0, 0.1) is 0 Å². The number of nitrogens with zero attached hydrogens (tertiary/aromatic N) is 2. The Hall–Kier alpha value is -1.33. The number of pyridine rings is 1. The SMILES string of the molecule is COCCNCC1CCCCN1c1ncccc1OC. The Balaban J connectivity index is 2.02. The van der Waals surface area contributed by atoms with E-state index in [-0.39, 0.29) is 0 Å². The normalized spacial score (nSPS) is 19.1. The molecule has 0 spiro atoms. The van der Waals surface area contributed by atoms with Gasteiger partial charge in [-0.15, -0.1) is 0 Å². The summed E-state index contributed by atoms with van der Waals surface area (Å²) in [5.41, 5.74) is 0.